The van der Waals surface area contributed by atoms with Crippen molar-refractivity contribution in [2.24, 2.45) is 16.7 Å². The first kappa shape index (κ1) is 16.0. The van der Waals surface area contributed by atoms with E-state index in [1.54, 1.807) is 13.8 Å². The van der Waals surface area contributed by atoms with E-state index >= 15 is 0 Å². The Labute approximate surface area is 116 Å². The SMILES string of the molecule is CC(C)(CC(=O)N1CCC(C(C)(C)C)CC1)C(=O)O. The van der Waals surface area contributed by atoms with Gasteiger partial charge < -0.3 is 10.0 Å². The molecule has 1 aliphatic rings. The third kappa shape index (κ3) is 4.22. The Hall–Kier alpha value is -1.06. The van der Waals surface area contributed by atoms with Crippen LogP contribution in [-0.4, -0.2) is 35.0 Å². The minimum absolute atomic E-state index is 0.0280. The molecule has 1 rings (SSSR count). The standard InChI is InChI=1S/C15H27NO3/c1-14(2,3)11-6-8-16(9-7-11)12(17)10-15(4,5)13(18)19/h11H,6-10H2,1-5H3,(H,18,19). The fraction of sp³-hybridized carbons (Fsp3) is 0.867. The lowest BCUT2D eigenvalue weighted by Crippen LogP contribution is -2.43. The van der Waals surface area contributed by atoms with Gasteiger partial charge in [-0.2, -0.15) is 0 Å². The number of carbonyl (C=O) groups excluding carboxylic acids is 1. The van der Waals surface area contributed by atoms with E-state index in [0.29, 0.717) is 5.92 Å². The van der Waals surface area contributed by atoms with Crippen LogP contribution in [-0.2, 0) is 9.59 Å². The number of aliphatic carboxylic acids is 1. The second-order valence-corrected chi connectivity index (χ2v) is 7.39. The van der Waals surface area contributed by atoms with Gasteiger partial charge in [0.05, 0.1) is 5.41 Å². The lowest BCUT2D eigenvalue weighted by atomic mass is 9.75. The number of hydrogen-bond acceptors (Lipinski definition) is 2. The highest BCUT2D eigenvalue weighted by atomic mass is 16.4. The van der Waals surface area contributed by atoms with Gasteiger partial charge in [-0.15, -0.1) is 0 Å². The molecule has 1 amide bonds. The monoisotopic (exact) mass is 269 g/mol. The molecular formula is C15H27NO3. The van der Waals surface area contributed by atoms with Crippen molar-refractivity contribution in [2.75, 3.05) is 13.1 Å². The number of likely N-dealkylation sites (tertiary alicyclic amines) is 1. The van der Waals surface area contributed by atoms with Crippen molar-refractivity contribution >= 4 is 11.9 Å². The van der Waals surface area contributed by atoms with Crippen LogP contribution in [0.2, 0.25) is 0 Å². The molecule has 1 N–H and O–H groups in total. The number of nitrogens with zero attached hydrogens (tertiary/aromatic N) is 1. The van der Waals surface area contributed by atoms with E-state index in [1.165, 1.54) is 0 Å². The number of carbonyl (C=O) groups is 2. The first-order valence-electron chi connectivity index (χ1n) is 7.05. The predicted molar refractivity (Wildman–Crippen MR) is 74.8 cm³/mol. The van der Waals surface area contributed by atoms with Gasteiger partial charge in [-0.05, 0) is 38.0 Å². The lowest BCUT2D eigenvalue weighted by Gasteiger charge is -2.39. The summed E-state index contributed by atoms with van der Waals surface area (Å²) in [5.41, 5.74) is -0.687. The highest BCUT2D eigenvalue weighted by molar-refractivity contribution is 5.84. The maximum absolute atomic E-state index is 12.1. The van der Waals surface area contributed by atoms with E-state index in [-0.39, 0.29) is 17.7 Å². The second kappa shape index (κ2) is 5.51. The summed E-state index contributed by atoms with van der Waals surface area (Å²) >= 11 is 0. The van der Waals surface area contributed by atoms with Crippen LogP contribution in [0.25, 0.3) is 0 Å². The van der Waals surface area contributed by atoms with Gasteiger partial charge in [0, 0.05) is 19.5 Å². The Morgan fingerprint density at radius 2 is 1.58 bits per heavy atom. The molecule has 110 valence electrons. The third-order valence-corrected chi connectivity index (χ3v) is 4.24. The zero-order chi connectivity index (χ0) is 14.8. The normalized spacial score (nSPS) is 18.5. The summed E-state index contributed by atoms with van der Waals surface area (Å²) in [7, 11) is 0. The fourth-order valence-corrected chi connectivity index (χ4v) is 2.56. The molecule has 0 radical (unpaired) electrons. The predicted octanol–water partition coefficient (Wildman–Crippen LogP) is 2.77. The molecular weight excluding hydrogens is 242 g/mol. The molecule has 0 atom stereocenters. The summed E-state index contributed by atoms with van der Waals surface area (Å²) in [6, 6.07) is 0. The largest absolute Gasteiger partial charge is 0.481 e. The van der Waals surface area contributed by atoms with Gasteiger partial charge in [0.2, 0.25) is 5.91 Å². The van der Waals surface area contributed by atoms with Crippen LogP contribution >= 0.6 is 0 Å². The van der Waals surface area contributed by atoms with Crippen LogP contribution < -0.4 is 0 Å². The summed E-state index contributed by atoms with van der Waals surface area (Å²) in [6.07, 6.45) is 2.12. The number of amides is 1. The Bertz CT molecular complexity index is 347. The molecule has 1 aliphatic heterocycles. The Balaban J connectivity index is 2.52. The Kier molecular flexibility index (Phi) is 4.64. The van der Waals surface area contributed by atoms with Gasteiger partial charge >= 0.3 is 5.97 Å². The molecule has 0 spiro atoms. The molecule has 0 aromatic carbocycles. The average Bonchev–Trinajstić information content (AvgIpc) is 2.27. The van der Waals surface area contributed by atoms with Crippen molar-refractivity contribution in [3.8, 4) is 0 Å². The second-order valence-electron chi connectivity index (χ2n) is 7.39. The summed E-state index contributed by atoms with van der Waals surface area (Å²) in [5, 5.41) is 9.07. The third-order valence-electron chi connectivity index (χ3n) is 4.24. The molecule has 0 saturated carbocycles. The first-order valence-corrected chi connectivity index (χ1v) is 7.05. The van der Waals surface area contributed by atoms with Gasteiger partial charge in [0.1, 0.15) is 0 Å². The molecule has 1 heterocycles. The summed E-state index contributed by atoms with van der Waals surface area (Å²) in [6.45, 7) is 11.4. The summed E-state index contributed by atoms with van der Waals surface area (Å²) in [4.78, 5) is 25.0. The molecule has 1 fully saturated rings. The Morgan fingerprint density at radius 3 is 1.95 bits per heavy atom. The molecule has 0 aliphatic carbocycles. The van der Waals surface area contributed by atoms with E-state index in [1.807, 2.05) is 4.90 Å². The Morgan fingerprint density at radius 1 is 1.11 bits per heavy atom. The minimum Gasteiger partial charge on any atom is -0.481 e. The number of hydrogen-bond donors (Lipinski definition) is 1. The smallest absolute Gasteiger partial charge is 0.309 e. The average molecular weight is 269 g/mol. The molecule has 0 aromatic heterocycles. The number of carboxylic acid groups (broad SMARTS) is 1. The maximum Gasteiger partial charge on any atom is 0.309 e. The van der Waals surface area contributed by atoms with Crippen molar-refractivity contribution in [3.63, 3.8) is 0 Å². The highest BCUT2D eigenvalue weighted by Gasteiger charge is 2.35. The van der Waals surface area contributed by atoms with Gasteiger partial charge in [0.15, 0.2) is 0 Å². The van der Waals surface area contributed by atoms with Crippen LogP contribution in [0.3, 0.4) is 0 Å². The highest BCUT2D eigenvalue weighted by Crippen LogP contribution is 2.34. The van der Waals surface area contributed by atoms with Crippen LogP contribution in [0.5, 0.6) is 0 Å². The van der Waals surface area contributed by atoms with Crippen molar-refractivity contribution in [1.82, 2.24) is 4.90 Å². The molecule has 0 bridgehead atoms. The van der Waals surface area contributed by atoms with E-state index in [2.05, 4.69) is 20.8 Å². The lowest BCUT2D eigenvalue weighted by molar-refractivity contribution is -0.152. The molecule has 0 aromatic rings. The summed E-state index contributed by atoms with van der Waals surface area (Å²) in [5.74, 6) is -0.297. The van der Waals surface area contributed by atoms with Gasteiger partial charge in [-0.25, -0.2) is 0 Å². The van der Waals surface area contributed by atoms with Crippen molar-refractivity contribution < 1.29 is 14.7 Å². The topological polar surface area (TPSA) is 57.6 Å². The first-order chi connectivity index (χ1) is 8.54. The van der Waals surface area contributed by atoms with E-state index in [9.17, 15) is 9.59 Å². The number of rotatable bonds is 3. The van der Waals surface area contributed by atoms with Crippen molar-refractivity contribution in [3.05, 3.63) is 0 Å². The number of piperidine rings is 1. The van der Waals surface area contributed by atoms with Crippen LogP contribution in [0.4, 0.5) is 0 Å². The van der Waals surface area contributed by atoms with Crippen LogP contribution in [0.15, 0.2) is 0 Å². The molecule has 19 heavy (non-hydrogen) atoms. The zero-order valence-corrected chi connectivity index (χ0v) is 12.8. The molecule has 4 heteroatoms. The van der Waals surface area contributed by atoms with Gasteiger partial charge in [-0.3, -0.25) is 9.59 Å². The molecule has 1 saturated heterocycles. The zero-order valence-electron chi connectivity index (χ0n) is 12.8. The van der Waals surface area contributed by atoms with Crippen molar-refractivity contribution in [1.29, 1.82) is 0 Å². The van der Waals surface area contributed by atoms with Crippen LogP contribution in [0.1, 0.15) is 53.9 Å². The molecule has 0 unspecified atom stereocenters. The van der Waals surface area contributed by atoms with E-state index < -0.39 is 11.4 Å². The van der Waals surface area contributed by atoms with Gasteiger partial charge in [-0.1, -0.05) is 20.8 Å². The van der Waals surface area contributed by atoms with Gasteiger partial charge in [0.25, 0.3) is 0 Å². The maximum atomic E-state index is 12.1. The quantitative estimate of drug-likeness (QED) is 0.857. The van der Waals surface area contributed by atoms with E-state index in [0.717, 1.165) is 25.9 Å². The number of carboxylic acids is 1. The van der Waals surface area contributed by atoms with E-state index in [4.69, 9.17) is 5.11 Å². The molecule has 4 nitrogen and oxygen atoms in total. The van der Waals surface area contributed by atoms with Crippen molar-refractivity contribution in [2.45, 2.75) is 53.9 Å². The fourth-order valence-electron chi connectivity index (χ4n) is 2.56. The minimum atomic E-state index is -0.974. The summed E-state index contributed by atoms with van der Waals surface area (Å²) < 4.78 is 0. The van der Waals surface area contributed by atoms with Crippen LogP contribution in [0, 0.1) is 16.7 Å².